The summed E-state index contributed by atoms with van der Waals surface area (Å²) in [4.78, 5) is 30.3. The third-order valence-electron chi connectivity index (χ3n) is 5.50. The van der Waals surface area contributed by atoms with Crippen LogP contribution in [0.15, 0.2) is 48.2 Å². The predicted molar refractivity (Wildman–Crippen MR) is 112 cm³/mol. The number of imide groups is 1. The number of aryl methyl sites for hydroxylation is 2. The maximum absolute atomic E-state index is 13.4. The molecule has 4 nitrogen and oxygen atoms in total. The van der Waals surface area contributed by atoms with E-state index < -0.39 is 0 Å². The lowest BCUT2D eigenvalue weighted by Gasteiger charge is -2.22. The lowest BCUT2D eigenvalue weighted by atomic mass is 9.97. The summed E-state index contributed by atoms with van der Waals surface area (Å²) in [6.07, 6.45) is 0.880. The van der Waals surface area contributed by atoms with Crippen molar-refractivity contribution in [2.75, 3.05) is 18.0 Å². The normalized spacial score (nSPS) is 16.6. The van der Waals surface area contributed by atoms with E-state index in [1.807, 2.05) is 62.9 Å². The standard InChI is InChI=1S/C24H26N2O2/c1-15(2)14-26-23(27)21(19-10-9-16(3)13-17(19)4)22(24(26)28)25-12-11-18-7-5-6-8-20(18)25/h5-10,13,15H,11-12,14H2,1-4H3. The van der Waals surface area contributed by atoms with Crippen LogP contribution < -0.4 is 4.90 Å². The summed E-state index contributed by atoms with van der Waals surface area (Å²) >= 11 is 0. The van der Waals surface area contributed by atoms with Gasteiger partial charge in [0.1, 0.15) is 5.70 Å². The summed E-state index contributed by atoms with van der Waals surface area (Å²) in [7, 11) is 0. The predicted octanol–water partition coefficient (Wildman–Crippen LogP) is 4.10. The van der Waals surface area contributed by atoms with Crippen molar-refractivity contribution in [2.24, 2.45) is 5.92 Å². The number of carbonyl (C=O) groups is 2. The average Bonchev–Trinajstić information content (AvgIpc) is 3.16. The van der Waals surface area contributed by atoms with Gasteiger partial charge in [0.05, 0.1) is 5.57 Å². The minimum atomic E-state index is -0.176. The maximum Gasteiger partial charge on any atom is 0.278 e. The van der Waals surface area contributed by atoms with Gasteiger partial charge in [0.2, 0.25) is 0 Å². The number of hydrogen-bond acceptors (Lipinski definition) is 3. The van der Waals surface area contributed by atoms with Gasteiger partial charge in [-0.2, -0.15) is 0 Å². The first-order valence-corrected chi connectivity index (χ1v) is 9.92. The Kier molecular flexibility index (Phi) is 4.58. The Labute approximate surface area is 166 Å². The van der Waals surface area contributed by atoms with Crippen LogP contribution in [-0.4, -0.2) is 29.8 Å². The Hall–Kier alpha value is -2.88. The molecule has 0 atom stereocenters. The van der Waals surface area contributed by atoms with E-state index in [0.29, 0.717) is 17.8 Å². The smallest absolute Gasteiger partial charge is 0.278 e. The van der Waals surface area contributed by atoms with E-state index in [1.54, 1.807) is 0 Å². The van der Waals surface area contributed by atoms with E-state index >= 15 is 0 Å². The van der Waals surface area contributed by atoms with Crippen LogP contribution >= 0.6 is 0 Å². The third-order valence-corrected chi connectivity index (χ3v) is 5.50. The first kappa shape index (κ1) is 18.5. The van der Waals surface area contributed by atoms with E-state index in [9.17, 15) is 9.59 Å². The molecule has 0 aliphatic carbocycles. The van der Waals surface area contributed by atoms with Crippen molar-refractivity contribution in [3.63, 3.8) is 0 Å². The van der Waals surface area contributed by atoms with Gasteiger partial charge in [-0.3, -0.25) is 14.5 Å². The number of anilines is 1. The van der Waals surface area contributed by atoms with Crippen molar-refractivity contribution < 1.29 is 9.59 Å². The van der Waals surface area contributed by atoms with E-state index in [0.717, 1.165) is 35.3 Å². The summed E-state index contributed by atoms with van der Waals surface area (Å²) in [5.74, 6) is -0.131. The Morgan fingerprint density at radius 2 is 1.75 bits per heavy atom. The molecule has 2 amide bonds. The minimum Gasteiger partial charge on any atom is -0.336 e. The number of hydrogen-bond donors (Lipinski definition) is 0. The number of carbonyl (C=O) groups excluding carboxylic acids is 2. The lowest BCUT2D eigenvalue weighted by Crippen LogP contribution is -2.37. The Bertz CT molecular complexity index is 1000. The molecular formula is C24H26N2O2. The molecular weight excluding hydrogens is 348 g/mol. The zero-order chi connectivity index (χ0) is 20.0. The summed E-state index contributed by atoms with van der Waals surface area (Å²) < 4.78 is 0. The van der Waals surface area contributed by atoms with Gasteiger partial charge in [0.15, 0.2) is 0 Å². The first-order chi connectivity index (χ1) is 13.4. The molecule has 0 spiro atoms. The van der Waals surface area contributed by atoms with Gasteiger partial charge in [-0.15, -0.1) is 0 Å². The number of benzene rings is 2. The van der Waals surface area contributed by atoms with Crippen LogP contribution in [-0.2, 0) is 16.0 Å². The summed E-state index contributed by atoms with van der Waals surface area (Å²) in [6, 6.07) is 14.2. The van der Waals surface area contributed by atoms with Gasteiger partial charge in [-0.05, 0) is 48.9 Å². The molecule has 2 aromatic carbocycles. The van der Waals surface area contributed by atoms with E-state index in [-0.39, 0.29) is 17.7 Å². The van der Waals surface area contributed by atoms with Gasteiger partial charge in [-0.25, -0.2) is 0 Å². The van der Waals surface area contributed by atoms with Gasteiger partial charge in [0, 0.05) is 18.8 Å². The van der Waals surface area contributed by atoms with Crippen molar-refractivity contribution in [3.05, 3.63) is 70.4 Å². The van der Waals surface area contributed by atoms with Crippen LogP contribution in [0.1, 0.15) is 36.1 Å². The van der Waals surface area contributed by atoms with Crippen LogP contribution in [0.2, 0.25) is 0 Å². The largest absolute Gasteiger partial charge is 0.336 e. The number of amides is 2. The van der Waals surface area contributed by atoms with E-state index in [1.165, 1.54) is 10.5 Å². The number of para-hydroxylation sites is 1. The number of rotatable bonds is 4. The van der Waals surface area contributed by atoms with Crippen molar-refractivity contribution >= 4 is 23.1 Å². The molecule has 144 valence electrons. The molecule has 0 unspecified atom stereocenters. The molecule has 2 heterocycles. The second-order valence-electron chi connectivity index (χ2n) is 8.19. The molecule has 0 N–H and O–H groups in total. The summed E-state index contributed by atoms with van der Waals surface area (Å²) in [6.45, 7) is 9.26. The highest BCUT2D eigenvalue weighted by Gasteiger charge is 2.43. The highest BCUT2D eigenvalue weighted by atomic mass is 16.2. The van der Waals surface area contributed by atoms with Crippen molar-refractivity contribution in [2.45, 2.75) is 34.1 Å². The average molecular weight is 374 g/mol. The van der Waals surface area contributed by atoms with Crippen LogP contribution in [0.3, 0.4) is 0 Å². The van der Waals surface area contributed by atoms with Crippen LogP contribution in [0.5, 0.6) is 0 Å². The molecule has 28 heavy (non-hydrogen) atoms. The fourth-order valence-corrected chi connectivity index (χ4v) is 4.25. The van der Waals surface area contributed by atoms with Gasteiger partial charge in [-0.1, -0.05) is 55.8 Å². The highest BCUT2D eigenvalue weighted by molar-refractivity contribution is 6.37. The van der Waals surface area contributed by atoms with Gasteiger partial charge in [0.25, 0.3) is 11.8 Å². The SMILES string of the molecule is Cc1ccc(C2=C(N3CCc4ccccc43)C(=O)N(CC(C)C)C2=O)c(C)c1. The van der Waals surface area contributed by atoms with Gasteiger partial charge < -0.3 is 4.90 Å². The van der Waals surface area contributed by atoms with Crippen molar-refractivity contribution in [3.8, 4) is 0 Å². The molecule has 2 aliphatic rings. The van der Waals surface area contributed by atoms with E-state index in [4.69, 9.17) is 0 Å². The molecule has 0 bridgehead atoms. The lowest BCUT2D eigenvalue weighted by molar-refractivity contribution is -0.137. The second-order valence-corrected chi connectivity index (χ2v) is 8.19. The molecule has 0 saturated heterocycles. The maximum atomic E-state index is 13.4. The molecule has 0 radical (unpaired) electrons. The fourth-order valence-electron chi connectivity index (χ4n) is 4.25. The monoisotopic (exact) mass is 374 g/mol. The van der Waals surface area contributed by atoms with Crippen molar-refractivity contribution in [1.82, 2.24) is 4.90 Å². The second kappa shape index (κ2) is 6.93. The summed E-state index contributed by atoms with van der Waals surface area (Å²) in [5.41, 5.74) is 6.35. The zero-order valence-electron chi connectivity index (χ0n) is 17.0. The molecule has 0 saturated carbocycles. The molecule has 2 aromatic rings. The molecule has 4 heteroatoms. The summed E-state index contributed by atoms with van der Waals surface area (Å²) in [5, 5.41) is 0. The van der Waals surface area contributed by atoms with Crippen LogP contribution in [0.25, 0.3) is 5.57 Å². The highest BCUT2D eigenvalue weighted by Crippen LogP contribution is 2.39. The zero-order valence-corrected chi connectivity index (χ0v) is 17.0. The quantitative estimate of drug-likeness (QED) is 0.757. The minimum absolute atomic E-state index is 0.176. The molecule has 4 rings (SSSR count). The van der Waals surface area contributed by atoms with E-state index in [2.05, 4.69) is 12.1 Å². The van der Waals surface area contributed by atoms with Crippen LogP contribution in [0, 0.1) is 19.8 Å². The first-order valence-electron chi connectivity index (χ1n) is 9.92. The molecule has 0 aromatic heterocycles. The van der Waals surface area contributed by atoms with Crippen molar-refractivity contribution in [1.29, 1.82) is 0 Å². The molecule has 2 aliphatic heterocycles. The fraction of sp³-hybridized carbons (Fsp3) is 0.333. The van der Waals surface area contributed by atoms with Gasteiger partial charge >= 0.3 is 0 Å². The number of nitrogens with zero attached hydrogens (tertiary/aromatic N) is 2. The Balaban J connectivity index is 1.90. The topological polar surface area (TPSA) is 40.6 Å². The Morgan fingerprint density at radius 1 is 1.00 bits per heavy atom. The van der Waals surface area contributed by atoms with Crippen LogP contribution in [0.4, 0.5) is 5.69 Å². The third kappa shape index (κ3) is 2.93. The molecule has 0 fully saturated rings. The Morgan fingerprint density at radius 3 is 2.46 bits per heavy atom. The number of fused-ring (bicyclic) bond motifs is 1.